The maximum atomic E-state index is 13.2. The number of ether oxygens (including phenoxy) is 1. The molecule has 7 nitrogen and oxygen atoms in total. The number of rotatable bonds is 6. The summed E-state index contributed by atoms with van der Waals surface area (Å²) in [6.07, 6.45) is 0.849. The van der Waals surface area contributed by atoms with Gasteiger partial charge in [0.15, 0.2) is 0 Å². The minimum Gasteiger partial charge on any atom is -0.495 e. The number of fused-ring (bicyclic) bond motifs is 1. The van der Waals surface area contributed by atoms with Crippen LogP contribution in [-0.4, -0.2) is 50.6 Å². The highest BCUT2D eigenvalue weighted by molar-refractivity contribution is 7.89. The lowest BCUT2D eigenvalue weighted by Gasteiger charge is -2.35. The van der Waals surface area contributed by atoms with Gasteiger partial charge in [0, 0.05) is 32.7 Å². The van der Waals surface area contributed by atoms with E-state index in [0.717, 1.165) is 34.7 Å². The highest BCUT2D eigenvalue weighted by atomic mass is 32.2. The van der Waals surface area contributed by atoms with Gasteiger partial charge in [0.05, 0.1) is 27.9 Å². The van der Waals surface area contributed by atoms with Crippen LogP contribution in [0.3, 0.4) is 0 Å². The normalized spacial score (nSPS) is 15.6. The van der Waals surface area contributed by atoms with Gasteiger partial charge in [0.25, 0.3) is 0 Å². The molecular weight excluding hydrogens is 422 g/mol. The molecule has 0 spiro atoms. The molecule has 0 radical (unpaired) electrons. The summed E-state index contributed by atoms with van der Waals surface area (Å²) in [4.78, 5) is 14.6. The lowest BCUT2D eigenvalue weighted by molar-refractivity contribution is 0.378. The number of benzene rings is 2. The summed E-state index contributed by atoms with van der Waals surface area (Å²) in [6, 6.07) is 12.8. The second kappa shape index (κ2) is 8.41. The molecule has 9 heteroatoms. The van der Waals surface area contributed by atoms with Crippen LogP contribution >= 0.6 is 11.3 Å². The summed E-state index contributed by atoms with van der Waals surface area (Å²) in [7, 11) is -1.98. The van der Waals surface area contributed by atoms with E-state index < -0.39 is 10.0 Å². The number of thiazole rings is 1. The first-order valence-electron chi connectivity index (χ1n) is 9.97. The molecule has 1 fully saturated rings. The lowest BCUT2D eigenvalue weighted by Crippen LogP contribution is -2.48. The average Bonchev–Trinajstić information content (AvgIpc) is 3.08. The van der Waals surface area contributed by atoms with E-state index in [4.69, 9.17) is 4.74 Å². The number of hydrogen-bond acceptors (Lipinski definition) is 6. The van der Waals surface area contributed by atoms with E-state index in [1.807, 2.05) is 31.2 Å². The summed E-state index contributed by atoms with van der Waals surface area (Å²) >= 11 is 1.10. The van der Waals surface area contributed by atoms with E-state index in [1.165, 1.54) is 4.31 Å². The molecule has 0 aliphatic carbocycles. The topological polar surface area (TPSA) is 71.9 Å². The number of nitrogens with zero attached hydrogens (tertiary/aromatic N) is 3. The number of hydrogen-bond donors (Lipinski definition) is 0. The van der Waals surface area contributed by atoms with Crippen LogP contribution in [0.15, 0.2) is 52.2 Å². The zero-order valence-corrected chi connectivity index (χ0v) is 18.7. The van der Waals surface area contributed by atoms with Crippen LogP contribution in [0.4, 0.5) is 5.69 Å². The molecule has 1 aliphatic heterocycles. The SMILES string of the molecule is CCCn1c(=O)sc2cc(S(=O)(=O)N3CCN(c4ccccc4OC)CC3)ccc21. The first kappa shape index (κ1) is 20.9. The maximum absolute atomic E-state index is 13.2. The number of aryl methyl sites for hydroxylation is 1. The Morgan fingerprint density at radius 3 is 2.50 bits per heavy atom. The summed E-state index contributed by atoms with van der Waals surface area (Å²) in [5, 5.41) is 0. The summed E-state index contributed by atoms with van der Waals surface area (Å²) in [5.41, 5.74) is 1.77. The molecule has 4 rings (SSSR count). The maximum Gasteiger partial charge on any atom is 0.308 e. The molecule has 2 heterocycles. The quantitative estimate of drug-likeness (QED) is 0.581. The van der Waals surface area contributed by atoms with Crippen LogP contribution in [0.2, 0.25) is 0 Å². The van der Waals surface area contributed by atoms with Crippen molar-refractivity contribution in [2.75, 3.05) is 38.2 Å². The van der Waals surface area contributed by atoms with Crippen molar-refractivity contribution < 1.29 is 13.2 Å². The van der Waals surface area contributed by atoms with Gasteiger partial charge >= 0.3 is 4.87 Å². The molecule has 0 unspecified atom stereocenters. The molecule has 3 aromatic rings. The number of anilines is 1. The van der Waals surface area contributed by atoms with Crippen LogP contribution in [-0.2, 0) is 16.6 Å². The minimum atomic E-state index is -3.62. The van der Waals surface area contributed by atoms with Crippen LogP contribution in [0.25, 0.3) is 10.2 Å². The Labute approximate surface area is 180 Å². The summed E-state index contributed by atoms with van der Waals surface area (Å²) in [6.45, 7) is 4.61. The number of methoxy groups -OCH3 is 1. The molecule has 0 saturated carbocycles. The predicted octanol–water partition coefficient (Wildman–Crippen LogP) is 2.99. The van der Waals surface area contributed by atoms with E-state index >= 15 is 0 Å². The van der Waals surface area contributed by atoms with Crippen LogP contribution < -0.4 is 14.5 Å². The number of para-hydroxylation sites is 2. The molecule has 0 N–H and O–H groups in total. The fourth-order valence-corrected chi connectivity index (χ4v) is 6.33. The smallest absolute Gasteiger partial charge is 0.308 e. The van der Waals surface area contributed by atoms with Gasteiger partial charge in [-0.05, 0) is 36.8 Å². The molecule has 2 aromatic carbocycles. The van der Waals surface area contributed by atoms with Crippen molar-refractivity contribution in [3.63, 3.8) is 0 Å². The second-order valence-electron chi connectivity index (χ2n) is 7.21. The third kappa shape index (κ3) is 3.73. The molecule has 0 atom stereocenters. The molecule has 30 heavy (non-hydrogen) atoms. The fourth-order valence-electron chi connectivity index (χ4n) is 3.85. The van der Waals surface area contributed by atoms with Gasteiger partial charge in [0.2, 0.25) is 10.0 Å². The Bertz CT molecular complexity index is 1210. The molecule has 1 saturated heterocycles. The van der Waals surface area contributed by atoms with Crippen molar-refractivity contribution in [3.8, 4) is 5.75 Å². The minimum absolute atomic E-state index is 0.0492. The molecule has 0 bridgehead atoms. The van der Waals surface area contributed by atoms with Crippen LogP contribution in [0.1, 0.15) is 13.3 Å². The van der Waals surface area contributed by atoms with Gasteiger partial charge in [-0.25, -0.2) is 8.42 Å². The largest absolute Gasteiger partial charge is 0.495 e. The van der Waals surface area contributed by atoms with E-state index in [0.29, 0.717) is 37.4 Å². The summed E-state index contributed by atoms with van der Waals surface area (Å²) < 4.78 is 35.8. The van der Waals surface area contributed by atoms with E-state index in [2.05, 4.69) is 4.90 Å². The first-order valence-corrected chi connectivity index (χ1v) is 12.2. The molecule has 160 valence electrons. The number of sulfonamides is 1. The van der Waals surface area contributed by atoms with Gasteiger partial charge in [0.1, 0.15) is 5.75 Å². The number of piperazine rings is 1. The molecular formula is C21H25N3O4S2. The van der Waals surface area contributed by atoms with Gasteiger partial charge in [-0.1, -0.05) is 30.4 Å². The zero-order chi connectivity index (χ0) is 21.3. The Hall–Kier alpha value is -2.36. The highest BCUT2D eigenvalue weighted by Crippen LogP contribution is 2.30. The van der Waals surface area contributed by atoms with Crippen molar-refractivity contribution in [2.24, 2.45) is 0 Å². The average molecular weight is 448 g/mol. The van der Waals surface area contributed by atoms with Crippen molar-refractivity contribution in [2.45, 2.75) is 24.8 Å². The van der Waals surface area contributed by atoms with Crippen molar-refractivity contribution in [1.82, 2.24) is 8.87 Å². The molecule has 1 aromatic heterocycles. The standard InChI is InChI=1S/C21H25N3O4S2/c1-3-10-24-18-9-8-16(15-20(18)29-21(24)25)30(26,27)23-13-11-22(12-14-23)17-6-4-5-7-19(17)28-2/h4-9,15H,3,10-14H2,1-2H3. The third-order valence-electron chi connectivity index (χ3n) is 5.39. The Kier molecular flexibility index (Phi) is 5.86. The van der Waals surface area contributed by atoms with Crippen LogP contribution in [0.5, 0.6) is 5.75 Å². The Morgan fingerprint density at radius 2 is 1.80 bits per heavy atom. The van der Waals surface area contributed by atoms with E-state index in [1.54, 1.807) is 29.9 Å². The third-order valence-corrected chi connectivity index (χ3v) is 8.23. The van der Waals surface area contributed by atoms with Gasteiger partial charge < -0.3 is 9.64 Å². The Morgan fingerprint density at radius 1 is 1.07 bits per heavy atom. The van der Waals surface area contributed by atoms with Crippen LogP contribution in [0, 0.1) is 0 Å². The van der Waals surface area contributed by atoms with Crippen molar-refractivity contribution in [3.05, 3.63) is 52.1 Å². The van der Waals surface area contributed by atoms with E-state index in [9.17, 15) is 13.2 Å². The first-order chi connectivity index (χ1) is 14.5. The second-order valence-corrected chi connectivity index (χ2v) is 10.1. The van der Waals surface area contributed by atoms with Crippen molar-refractivity contribution in [1.29, 1.82) is 0 Å². The number of aromatic nitrogens is 1. The fraction of sp³-hybridized carbons (Fsp3) is 0.381. The Balaban J connectivity index is 1.55. The lowest BCUT2D eigenvalue weighted by atomic mass is 10.2. The van der Waals surface area contributed by atoms with Gasteiger partial charge in [-0.15, -0.1) is 0 Å². The highest BCUT2D eigenvalue weighted by Gasteiger charge is 2.29. The van der Waals surface area contributed by atoms with E-state index in [-0.39, 0.29) is 9.77 Å². The zero-order valence-electron chi connectivity index (χ0n) is 17.1. The van der Waals surface area contributed by atoms with Gasteiger partial charge in [-0.3, -0.25) is 9.36 Å². The summed E-state index contributed by atoms with van der Waals surface area (Å²) in [5.74, 6) is 0.783. The monoisotopic (exact) mass is 447 g/mol. The van der Waals surface area contributed by atoms with Crippen molar-refractivity contribution >= 4 is 37.3 Å². The van der Waals surface area contributed by atoms with Gasteiger partial charge in [-0.2, -0.15) is 4.31 Å². The molecule has 0 amide bonds. The predicted molar refractivity (Wildman–Crippen MR) is 120 cm³/mol. The molecule has 1 aliphatic rings.